The Bertz CT molecular complexity index is 374. The molecule has 0 bridgehead atoms. The monoisotopic (exact) mass is 292 g/mol. The molecule has 0 unspecified atom stereocenters. The van der Waals surface area contributed by atoms with Crippen LogP contribution in [0, 0.1) is 9.39 Å². The minimum atomic E-state index is -0.532. The number of ketones is 1. The lowest BCUT2D eigenvalue weighted by molar-refractivity contribution is 0.101. The van der Waals surface area contributed by atoms with Gasteiger partial charge in [-0.15, -0.1) is 0 Å². The number of hydrogen-bond donors (Lipinski definition) is 0. The third kappa shape index (κ3) is 2.12. The van der Waals surface area contributed by atoms with E-state index in [1.165, 1.54) is 13.0 Å². The highest BCUT2D eigenvalue weighted by Gasteiger charge is 2.09. The van der Waals surface area contributed by atoms with Crippen molar-refractivity contribution in [1.29, 1.82) is 0 Å². The summed E-state index contributed by atoms with van der Waals surface area (Å²) in [5, 5.41) is 0. The molecular formula is C9H6FIO2. The SMILES string of the molecule is CC(=O)c1cc(F)c(I)c(C=O)c1. The molecule has 1 aromatic carbocycles. The summed E-state index contributed by atoms with van der Waals surface area (Å²) in [5.74, 6) is -0.784. The lowest BCUT2D eigenvalue weighted by Gasteiger charge is -2.01. The van der Waals surface area contributed by atoms with Crippen LogP contribution in [0.25, 0.3) is 0 Å². The minimum absolute atomic E-state index is 0.214. The topological polar surface area (TPSA) is 34.1 Å². The smallest absolute Gasteiger partial charge is 0.159 e. The highest BCUT2D eigenvalue weighted by molar-refractivity contribution is 14.1. The van der Waals surface area contributed by atoms with E-state index < -0.39 is 5.82 Å². The molecular weight excluding hydrogens is 286 g/mol. The first kappa shape index (κ1) is 10.3. The summed E-state index contributed by atoms with van der Waals surface area (Å²) in [6, 6.07) is 2.53. The van der Waals surface area contributed by atoms with Crippen molar-refractivity contribution in [2.75, 3.05) is 0 Å². The van der Waals surface area contributed by atoms with E-state index in [9.17, 15) is 14.0 Å². The van der Waals surface area contributed by atoms with Gasteiger partial charge in [0.25, 0.3) is 0 Å². The van der Waals surface area contributed by atoms with Gasteiger partial charge in [-0.2, -0.15) is 0 Å². The largest absolute Gasteiger partial charge is 0.298 e. The summed E-state index contributed by atoms with van der Waals surface area (Å²) >= 11 is 1.73. The molecule has 0 spiro atoms. The van der Waals surface area contributed by atoms with Gasteiger partial charge in [-0.25, -0.2) is 4.39 Å². The van der Waals surface area contributed by atoms with Crippen LogP contribution in [-0.2, 0) is 0 Å². The van der Waals surface area contributed by atoms with Crippen LogP contribution in [0.15, 0.2) is 12.1 Å². The van der Waals surface area contributed by atoms with Crippen molar-refractivity contribution in [2.45, 2.75) is 6.92 Å². The number of benzene rings is 1. The fraction of sp³-hybridized carbons (Fsp3) is 0.111. The number of carbonyl (C=O) groups is 2. The van der Waals surface area contributed by atoms with Crippen molar-refractivity contribution in [1.82, 2.24) is 0 Å². The normalized spacial score (nSPS) is 9.77. The molecule has 0 saturated carbocycles. The maximum absolute atomic E-state index is 13.1. The molecule has 1 rings (SSSR count). The quantitative estimate of drug-likeness (QED) is 0.476. The summed E-state index contributed by atoms with van der Waals surface area (Å²) in [5.41, 5.74) is 0.436. The van der Waals surface area contributed by atoms with Gasteiger partial charge in [-0.05, 0) is 41.6 Å². The average Bonchev–Trinajstić information content (AvgIpc) is 2.09. The molecule has 0 radical (unpaired) electrons. The Kier molecular flexibility index (Phi) is 3.13. The highest BCUT2D eigenvalue weighted by atomic mass is 127. The molecule has 0 aliphatic heterocycles. The van der Waals surface area contributed by atoms with Gasteiger partial charge in [0.15, 0.2) is 12.1 Å². The number of hydrogen-bond acceptors (Lipinski definition) is 2. The molecule has 0 aliphatic rings. The first-order valence-electron chi connectivity index (χ1n) is 3.51. The van der Waals surface area contributed by atoms with Crippen molar-refractivity contribution in [2.24, 2.45) is 0 Å². The van der Waals surface area contributed by atoms with Crippen molar-refractivity contribution >= 4 is 34.7 Å². The number of aldehydes is 1. The molecule has 68 valence electrons. The summed E-state index contributed by atoms with van der Waals surface area (Å²) in [6.45, 7) is 1.33. The van der Waals surface area contributed by atoms with Crippen LogP contribution in [0.3, 0.4) is 0 Å². The lowest BCUT2D eigenvalue weighted by atomic mass is 10.1. The van der Waals surface area contributed by atoms with Gasteiger partial charge in [-0.3, -0.25) is 9.59 Å². The molecule has 2 nitrogen and oxygen atoms in total. The van der Waals surface area contributed by atoms with E-state index in [2.05, 4.69) is 0 Å². The van der Waals surface area contributed by atoms with E-state index in [0.29, 0.717) is 6.29 Å². The Labute approximate surface area is 88.3 Å². The van der Waals surface area contributed by atoms with Crippen LogP contribution in [0.2, 0.25) is 0 Å². The fourth-order valence-electron chi connectivity index (χ4n) is 0.899. The Balaban J connectivity index is 3.38. The lowest BCUT2D eigenvalue weighted by Crippen LogP contribution is -1.99. The van der Waals surface area contributed by atoms with Crippen LogP contribution in [0.4, 0.5) is 4.39 Å². The van der Waals surface area contributed by atoms with Gasteiger partial charge in [0.05, 0.1) is 3.57 Å². The van der Waals surface area contributed by atoms with Gasteiger partial charge in [-0.1, -0.05) is 0 Å². The third-order valence-corrected chi connectivity index (χ3v) is 2.73. The number of halogens is 2. The Morgan fingerprint density at radius 1 is 1.54 bits per heavy atom. The standard InChI is InChI=1S/C9H6FIO2/c1-5(13)6-2-7(4-12)9(11)8(10)3-6/h2-4H,1H3. The van der Waals surface area contributed by atoms with E-state index in [1.54, 1.807) is 22.6 Å². The molecule has 1 aromatic rings. The van der Waals surface area contributed by atoms with Crippen LogP contribution in [-0.4, -0.2) is 12.1 Å². The van der Waals surface area contributed by atoms with Crippen LogP contribution in [0.1, 0.15) is 27.6 Å². The number of Topliss-reactive ketones (excluding diaryl/α,β-unsaturated/α-hetero) is 1. The Morgan fingerprint density at radius 3 is 2.62 bits per heavy atom. The summed E-state index contributed by atoms with van der Waals surface area (Å²) in [4.78, 5) is 21.4. The molecule has 0 N–H and O–H groups in total. The van der Waals surface area contributed by atoms with Crippen molar-refractivity contribution in [3.05, 3.63) is 32.6 Å². The molecule has 0 aliphatic carbocycles. The zero-order valence-corrected chi connectivity index (χ0v) is 8.96. The maximum atomic E-state index is 13.1. The van der Waals surface area contributed by atoms with Gasteiger partial charge in [0.1, 0.15) is 5.82 Å². The number of carbonyl (C=O) groups excluding carboxylic acids is 2. The van der Waals surface area contributed by atoms with Crippen molar-refractivity contribution < 1.29 is 14.0 Å². The maximum Gasteiger partial charge on any atom is 0.159 e. The second-order valence-corrected chi connectivity index (χ2v) is 3.61. The predicted molar refractivity (Wildman–Crippen MR) is 54.5 cm³/mol. The second kappa shape index (κ2) is 3.95. The first-order chi connectivity index (χ1) is 6.06. The van der Waals surface area contributed by atoms with Gasteiger partial charge in [0.2, 0.25) is 0 Å². The van der Waals surface area contributed by atoms with E-state index in [1.807, 2.05) is 0 Å². The summed E-state index contributed by atoms with van der Waals surface area (Å²) < 4.78 is 13.3. The van der Waals surface area contributed by atoms with Gasteiger partial charge >= 0.3 is 0 Å². The molecule has 0 aromatic heterocycles. The summed E-state index contributed by atoms with van der Waals surface area (Å²) in [7, 11) is 0. The Morgan fingerprint density at radius 2 is 2.15 bits per heavy atom. The van der Waals surface area contributed by atoms with E-state index in [4.69, 9.17) is 0 Å². The second-order valence-electron chi connectivity index (χ2n) is 2.54. The zero-order chi connectivity index (χ0) is 10.0. The van der Waals surface area contributed by atoms with E-state index in [0.717, 1.165) is 6.07 Å². The first-order valence-corrected chi connectivity index (χ1v) is 4.59. The molecule has 0 amide bonds. The Hall–Kier alpha value is -0.780. The summed E-state index contributed by atoms with van der Waals surface area (Å²) in [6.07, 6.45) is 0.539. The molecule has 0 atom stereocenters. The fourth-order valence-corrected chi connectivity index (χ4v) is 1.34. The minimum Gasteiger partial charge on any atom is -0.298 e. The predicted octanol–water partition coefficient (Wildman–Crippen LogP) is 2.45. The molecule has 0 heterocycles. The molecule has 13 heavy (non-hydrogen) atoms. The van der Waals surface area contributed by atoms with Crippen molar-refractivity contribution in [3.63, 3.8) is 0 Å². The van der Waals surface area contributed by atoms with Crippen LogP contribution in [0.5, 0.6) is 0 Å². The van der Waals surface area contributed by atoms with E-state index >= 15 is 0 Å². The molecule has 4 heteroatoms. The zero-order valence-electron chi connectivity index (χ0n) is 6.80. The van der Waals surface area contributed by atoms with E-state index in [-0.39, 0.29) is 20.5 Å². The van der Waals surface area contributed by atoms with Crippen molar-refractivity contribution in [3.8, 4) is 0 Å². The molecule has 0 fully saturated rings. The number of rotatable bonds is 2. The average molecular weight is 292 g/mol. The highest BCUT2D eigenvalue weighted by Crippen LogP contribution is 2.17. The third-order valence-electron chi connectivity index (χ3n) is 1.59. The van der Waals surface area contributed by atoms with Gasteiger partial charge in [0, 0.05) is 11.1 Å². The van der Waals surface area contributed by atoms with Gasteiger partial charge < -0.3 is 0 Å². The van der Waals surface area contributed by atoms with Crippen LogP contribution >= 0.6 is 22.6 Å². The van der Waals surface area contributed by atoms with Crippen LogP contribution < -0.4 is 0 Å². The molecule has 0 saturated heterocycles.